The van der Waals surface area contributed by atoms with E-state index < -0.39 is 0 Å². The summed E-state index contributed by atoms with van der Waals surface area (Å²) in [5.41, 5.74) is 18.5. The smallest absolute Gasteiger partial charge is 0.193 e. The molecule has 0 aliphatic rings. The predicted molar refractivity (Wildman–Crippen MR) is 267 cm³/mol. The summed E-state index contributed by atoms with van der Waals surface area (Å²) in [5.74, 6) is -0.0342. The largest absolute Gasteiger partial charge is 0.289 e. The first-order chi connectivity index (χ1) is 30.6. The van der Waals surface area contributed by atoms with Crippen LogP contribution in [0.25, 0.3) is 89.0 Å². The molecule has 10 aromatic rings. The van der Waals surface area contributed by atoms with Gasteiger partial charge < -0.3 is 0 Å². The number of hydrogen-bond donors (Lipinski definition) is 0. The Kier molecular flexibility index (Phi) is 11.7. The molecule has 1 nitrogen and oxygen atoms in total. The van der Waals surface area contributed by atoms with Gasteiger partial charge in [-0.1, -0.05) is 202 Å². The lowest BCUT2D eigenvalue weighted by molar-refractivity contribution is 0.103. The molecule has 0 amide bonds. The van der Waals surface area contributed by atoms with Crippen molar-refractivity contribution in [3.05, 3.63) is 266 Å². The first-order valence-electron chi connectivity index (χ1n) is 21.1. The Labute approximate surface area is 371 Å². The fourth-order valence-electron chi connectivity index (χ4n) is 8.39. The van der Waals surface area contributed by atoms with Gasteiger partial charge in [-0.15, -0.1) is 0 Å². The highest BCUT2D eigenvalue weighted by molar-refractivity contribution is 6.11. The number of carbonyl (C=O) groups excluding carboxylic acids is 1. The monoisotopic (exact) mass is 806 g/mol. The fourth-order valence-corrected chi connectivity index (χ4v) is 8.39. The van der Waals surface area contributed by atoms with Crippen molar-refractivity contribution in [2.45, 2.75) is 7.43 Å². The Bertz CT molecular complexity index is 2750. The van der Waals surface area contributed by atoms with E-state index in [2.05, 4.69) is 231 Å². The van der Waals surface area contributed by atoms with Crippen molar-refractivity contribution in [1.82, 2.24) is 0 Å². The topological polar surface area (TPSA) is 17.1 Å². The van der Waals surface area contributed by atoms with Crippen molar-refractivity contribution >= 4 is 5.78 Å². The molecular weight excluding hydrogens is 761 g/mol. The number of carbonyl (C=O) groups is 1. The molecule has 0 bridgehead atoms. The van der Waals surface area contributed by atoms with E-state index in [1.54, 1.807) is 0 Å². The minimum atomic E-state index is -0.0342. The van der Waals surface area contributed by atoms with E-state index >= 15 is 4.79 Å². The molecule has 300 valence electrons. The maximum atomic E-state index is 15.3. The Morgan fingerprint density at radius 3 is 0.587 bits per heavy atom. The first kappa shape index (κ1) is 40.3. The van der Waals surface area contributed by atoms with Crippen LogP contribution < -0.4 is 0 Å². The second kappa shape index (κ2) is 18.2. The second-order valence-electron chi connectivity index (χ2n) is 15.7. The summed E-state index contributed by atoms with van der Waals surface area (Å²) in [6.07, 6.45) is 0. The Balaban J connectivity index is 0.00000504. The highest BCUT2D eigenvalue weighted by atomic mass is 16.1. The molecule has 0 aromatic heterocycles. The molecule has 63 heavy (non-hydrogen) atoms. The molecule has 0 saturated heterocycles. The van der Waals surface area contributed by atoms with Crippen molar-refractivity contribution in [2.24, 2.45) is 0 Å². The molecule has 10 rings (SSSR count). The molecule has 0 atom stereocenters. The van der Waals surface area contributed by atoms with Crippen LogP contribution in [-0.2, 0) is 0 Å². The van der Waals surface area contributed by atoms with Gasteiger partial charge in [-0.2, -0.15) is 0 Å². The lowest BCUT2D eigenvalue weighted by Crippen LogP contribution is -2.03. The molecule has 0 saturated carbocycles. The zero-order valence-corrected chi connectivity index (χ0v) is 34.2. The van der Waals surface area contributed by atoms with Crippen molar-refractivity contribution in [1.29, 1.82) is 0 Å². The lowest BCUT2D eigenvalue weighted by Gasteiger charge is -2.15. The zero-order valence-electron chi connectivity index (χ0n) is 34.2. The van der Waals surface area contributed by atoms with Crippen LogP contribution in [0.1, 0.15) is 23.3 Å². The fraction of sp³-hybridized carbons (Fsp3) is 0.0161. The Hall–Kier alpha value is -8.13. The van der Waals surface area contributed by atoms with Gasteiger partial charge in [-0.05, 0) is 150 Å². The van der Waals surface area contributed by atoms with Gasteiger partial charge in [0, 0.05) is 11.1 Å². The van der Waals surface area contributed by atoms with Crippen LogP contribution in [0, 0.1) is 0 Å². The molecule has 0 radical (unpaired) electrons. The van der Waals surface area contributed by atoms with Gasteiger partial charge in [0.05, 0.1) is 0 Å². The first-order valence-corrected chi connectivity index (χ1v) is 21.1. The summed E-state index contributed by atoms with van der Waals surface area (Å²) >= 11 is 0. The highest BCUT2D eigenvalue weighted by Crippen LogP contribution is 2.37. The molecule has 0 aliphatic carbocycles. The van der Waals surface area contributed by atoms with Gasteiger partial charge in [-0.3, -0.25) is 4.79 Å². The summed E-state index contributed by atoms with van der Waals surface area (Å²) < 4.78 is 0. The van der Waals surface area contributed by atoms with Crippen LogP contribution in [0.4, 0.5) is 0 Å². The summed E-state index contributed by atoms with van der Waals surface area (Å²) in [6.45, 7) is 0. The van der Waals surface area contributed by atoms with E-state index in [0.29, 0.717) is 11.1 Å². The quantitative estimate of drug-likeness (QED) is 0.126. The van der Waals surface area contributed by atoms with E-state index in [0.717, 1.165) is 89.0 Å². The third-order valence-corrected chi connectivity index (χ3v) is 11.6. The average molecular weight is 807 g/mol. The van der Waals surface area contributed by atoms with Gasteiger partial charge in [0.25, 0.3) is 0 Å². The van der Waals surface area contributed by atoms with Crippen molar-refractivity contribution in [3.63, 3.8) is 0 Å². The van der Waals surface area contributed by atoms with Gasteiger partial charge >= 0.3 is 0 Å². The standard InChI is InChI=1S/C61H42O.CH4/c62-61(59-39-55(51-29-13-25-47(33-51)43-17-5-1-6-18-43)37-56(40-59)52-30-14-26-48(34-52)44-19-7-2-8-20-44)60-41-57(53-31-15-27-49(35-53)45-21-9-3-10-22-45)38-58(42-60)54-32-16-28-50(36-54)46-23-11-4-12-24-46;/h1-42H;1H4. The van der Waals surface area contributed by atoms with E-state index in [-0.39, 0.29) is 13.2 Å². The summed E-state index contributed by atoms with van der Waals surface area (Å²) in [4.78, 5) is 15.3. The van der Waals surface area contributed by atoms with E-state index in [4.69, 9.17) is 0 Å². The molecule has 0 N–H and O–H groups in total. The number of benzene rings is 10. The SMILES string of the molecule is C.O=C(c1cc(-c2cccc(-c3ccccc3)c2)cc(-c2cccc(-c3ccccc3)c2)c1)c1cc(-c2cccc(-c3ccccc3)c2)cc(-c2cccc(-c3ccccc3)c2)c1. The van der Waals surface area contributed by atoms with Gasteiger partial charge in [0.1, 0.15) is 0 Å². The Morgan fingerprint density at radius 1 is 0.190 bits per heavy atom. The predicted octanol–water partition coefficient (Wildman–Crippen LogP) is 16.9. The summed E-state index contributed by atoms with van der Waals surface area (Å²) in [7, 11) is 0. The number of ketones is 1. The maximum absolute atomic E-state index is 15.3. The average Bonchev–Trinajstić information content (AvgIpc) is 3.37. The molecule has 0 fully saturated rings. The number of hydrogen-bond acceptors (Lipinski definition) is 1. The van der Waals surface area contributed by atoms with E-state index in [1.165, 1.54) is 0 Å². The van der Waals surface area contributed by atoms with Gasteiger partial charge in [0.2, 0.25) is 0 Å². The minimum absolute atomic E-state index is 0. The van der Waals surface area contributed by atoms with Crippen LogP contribution in [-0.4, -0.2) is 5.78 Å². The van der Waals surface area contributed by atoms with Crippen LogP contribution in [0.2, 0.25) is 0 Å². The minimum Gasteiger partial charge on any atom is -0.289 e. The maximum Gasteiger partial charge on any atom is 0.193 e. The third kappa shape index (κ3) is 8.86. The van der Waals surface area contributed by atoms with Gasteiger partial charge in [-0.25, -0.2) is 0 Å². The molecular formula is C62H46O. The number of rotatable bonds is 10. The summed E-state index contributed by atoms with van der Waals surface area (Å²) in [5, 5.41) is 0. The van der Waals surface area contributed by atoms with Crippen molar-refractivity contribution < 1.29 is 4.79 Å². The second-order valence-corrected chi connectivity index (χ2v) is 15.7. The van der Waals surface area contributed by atoms with Crippen LogP contribution >= 0.6 is 0 Å². The van der Waals surface area contributed by atoms with E-state index in [1.807, 2.05) is 24.3 Å². The molecule has 1 heteroatoms. The summed E-state index contributed by atoms with van der Waals surface area (Å²) in [6, 6.07) is 88.9. The van der Waals surface area contributed by atoms with Crippen molar-refractivity contribution in [2.75, 3.05) is 0 Å². The molecule has 0 spiro atoms. The normalized spacial score (nSPS) is 10.8. The third-order valence-electron chi connectivity index (χ3n) is 11.6. The van der Waals surface area contributed by atoms with Crippen LogP contribution in [0.15, 0.2) is 255 Å². The van der Waals surface area contributed by atoms with Crippen LogP contribution in [0.5, 0.6) is 0 Å². The van der Waals surface area contributed by atoms with Crippen LogP contribution in [0.3, 0.4) is 0 Å². The molecule has 0 heterocycles. The van der Waals surface area contributed by atoms with E-state index in [9.17, 15) is 0 Å². The molecule has 0 aliphatic heterocycles. The lowest BCUT2D eigenvalue weighted by atomic mass is 9.88. The van der Waals surface area contributed by atoms with Crippen molar-refractivity contribution in [3.8, 4) is 89.0 Å². The highest BCUT2D eigenvalue weighted by Gasteiger charge is 2.18. The molecule has 10 aromatic carbocycles. The van der Waals surface area contributed by atoms with Gasteiger partial charge in [0.15, 0.2) is 5.78 Å². The Morgan fingerprint density at radius 2 is 0.365 bits per heavy atom. The zero-order chi connectivity index (χ0) is 41.7. The molecule has 0 unspecified atom stereocenters.